The Bertz CT molecular complexity index is 1040. The van der Waals surface area contributed by atoms with Crippen molar-refractivity contribution in [3.63, 3.8) is 0 Å². The lowest BCUT2D eigenvalue weighted by Gasteiger charge is -2.32. The van der Waals surface area contributed by atoms with Crippen LogP contribution >= 0.6 is 0 Å². The first-order chi connectivity index (χ1) is 16.3. The van der Waals surface area contributed by atoms with Crippen LogP contribution in [0.15, 0.2) is 48.5 Å². The molecule has 1 fully saturated rings. The first-order valence-corrected chi connectivity index (χ1v) is 11.9. The molecule has 2 aromatic rings. The van der Waals surface area contributed by atoms with Crippen molar-refractivity contribution in [3.8, 4) is 11.1 Å². The number of aliphatic carboxylic acids is 1. The lowest BCUT2D eigenvalue weighted by atomic mass is 9.85. The van der Waals surface area contributed by atoms with Gasteiger partial charge in [0.25, 0.3) is 0 Å². The summed E-state index contributed by atoms with van der Waals surface area (Å²) < 4.78 is 5.61. The Hall–Kier alpha value is -3.35. The fourth-order valence-corrected chi connectivity index (χ4v) is 5.08. The van der Waals surface area contributed by atoms with Crippen LogP contribution in [0.3, 0.4) is 0 Å². The van der Waals surface area contributed by atoms with Crippen molar-refractivity contribution in [3.05, 3.63) is 59.7 Å². The summed E-state index contributed by atoms with van der Waals surface area (Å²) in [6.45, 7) is 5.15. The van der Waals surface area contributed by atoms with Crippen molar-refractivity contribution in [1.29, 1.82) is 0 Å². The number of hydrogen-bond acceptors (Lipinski definition) is 4. The number of likely N-dealkylation sites (tertiary alicyclic amines) is 1. The predicted molar refractivity (Wildman–Crippen MR) is 128 cm³/mol. The van der Waals surface area contributed by atoms with Crippen molar-refractivity contribution in [2.75, 3.05) is 26.2 Å². The van der Waals surface area contributed by atoms with Gasteiger partial charge in [-0.25, -0.2) is 4.79 Å². The molecule has 2 N–H and O–H groups in total. The van der Waals surface area contributed by atoms with Gasteiger partial charge in [0.05, 0.1) is 5.41 Å². The molecule has 1 aliphatic heterocycles. The van der Waals surface area contributed by atoms with Gasteiger partial charge in [-0.05, 0) is 47.9 Å². The Labute approximate surface area is 200 Å². The molecule has 1 saturated heterocycles. The maximum atomic E-state index is 13.2. The molecule has 4 rings (SSSR count). The van der Waals surface area contributed by atoms with Gasteiger partial charge in [0, 0.05) is 32.0 Å². The van der Waals surface area contributed by atoms with Crippen molar-refractivity contribution < 1.29 is 24.2 Å². The average Bonchev–Trinajstić information content (AvgIpc) is 3.43. The van der Waals surface area contributed by atoms with E-state index in [1.807, 2.05) is 38.1 Å². The van der Waals surface area contributed by atoms with Crippen LogP contribution in [0.2, 0.25) is 0 Å². The number of nitrogens with one attached hydrogen (secondary N) is 1. The van der Waals surface area contributed by atoms with Crippen LogP contribution in [-0.4, -0.2) is 54.2 Å². The zero-order valence-electron chi connectivity index (χ0n) is 19.8. The zero-order valence-corrected chi connectivity index (χ0v) is 19.8. The molecule has 1 aliphatic carbocycles. The highest BCUT2D eigenvalue weighted by atomic mass is 16.5. The second kappa shape index (κ2) is 9.87. The highest BCUT2D eigenvalue weighted by Gasteiger charge is 2.39. The van der Waals surface area contributed by atoms with Gasteiger partial charge in [-0.15, -0.1) is 0 Å². The van der Waals surface area contributed by atoms with Crippen LogP contribution in [0.4, 0.5) is 4.79 Å². The molecule has 0 spiro atoms. The Balaban J connectivity index is 1.33. The van der Waals surface area contributed by atoms with E-state index in [2.05, 4.69) is 29.6 Å². The highest BCUT2D eigenvalue weighted by Crippen LogP contribution is 2.44. The Morgan fingerprint density at radius 2 is 1.71 bits per heavy atom. The van der Waals surface area contributed by atoms with Gasteiger partial charge >= 0.3 is 12.1 Å². The average molecular weight is 465 g/mol. The predicted octanol–water partition coefficient (Wildman–Crippen LogP) is 4.26. The molecule has 180 valence electrons. The van der Waals surface area contributed by atoms with E-state index >= 15 is 0 Å². The summed E-state index contributed by atoms with van der Waals surface area (Å²) in [5.41, 5.74) is 3.86. The summed E-state index contributed by atoms with van der Waals surface area (Å²) in [7, 11) is 0. The molecule has 7 nitrogen and oxygen atoms in total. The second-order valence-corrected chi connectivity index (χ2v) is 9.60. The summed E-state index contributed by atoms with van der Waals surface area (Å²) in [6, 6.07) is 16.3. The van der Waals surface area contributed by atoms with E-state index < -0.39 is 17.5 Å². The number of fused-ring (bicyclic) bond motifs is 3. The number of amides is 2. The molecule has 2 aromatic carbocycles. The molecule has 7 heteroatoms. The molecular weight excluding hydrogens is 432 g/mol. The van der Waals surface area contributed by atoms with E-state index in [0.717, 1.165) is 11.1 Å². The SMILES string of the molecule is CCC(C)(CNC(=O)OCC1c2ccccc2-c2ccccc21)C(=O)N1CCC(CC(=O)O)C1. The minimum atomic E-state index is -0.838. The van der Waals surface area contributed by atoms with E-state index in [1.165, 1.54) is 11.1 Å². The van der Waals surface area contributed by atoms with Crippen molar-refractivity contribution in [2.45, 2.75) is 39.0 Å². The molecule has 0 bridgehead atoms. The van der Waals surface area contributed by atoms with Crippen LogP contribution in [-0.2, 0) is 14.3 Å². The number of benzene rings is 2. The van der Waals surface area contributed by atoms with Gasteiger partial charge in [0.2, 0.25) is 5.91 Å². The fourth-order valence-electron chi connectivity index (χ4n) is 5.08. The van der Waals surface area contributed by atoms with Gasteiger partial charge in [-0.2, -0.15) is 0 Å². The van der Waals surface area contributed by atoms with Gasteiger partial charge in [-0.1, -0.05) is 55.5 Å². The van der Waals surface area contributed by atoms with Crippen LogP contribution in [0.5, 0.6) is 0 Å². The van der Waals surface area contributed by atoms with Crippen molar-refractivity contribution in [2.24, 2.45) is 11.3 Å². The number of carboxylic acid groups (broad SMARTS) is 1. The first kappa shape index (κ1) is 23.8. The van der Waals surface area contributed by atoms with E-state index in [0.29, 0.717) is 25.9 Å². The topological polar surface area (TPSA) is 95.9 Å². The minimum absolute atomic E-state index is 0.0161. The molecule has 1 heterocycles. The third-order valence-electron chi connectivity index (χ3n) is 7.30. The summed E-state index contributed by atoms with van der Waals surface area (Å²) >= 11 is 0. The third-order valence-corrected chi connectivity index (χ3v) is 7.30. The number of carboxylic acids is 1. The number of alkyl carbamates (subject to hydrolysis) is 1. The summed E-state index contributed by atoms with van der Waals surface area (Å²) in [5, 5.41) is 11.8. The van der Waals surface area contributed by atoms with Crippen LogP contribution in [0, 0.1) is 11.3 Å². The lowest BCUT2D eigenvalue weighted by Crippen LogP contribution is -2.47. The van der Waals surface area contributed by atoms with E-state index in [-0.39, 0.29) is 37.3 Å². The molecule has 0 radical (unpaired) electrons. The van der Waals surface area contributed by atoms with Crippen LogP contribution in [0.1, 0.15) is 50.2 Å². The van der Waals surface area contributed by atoms with Crippen LogP contribution < -0.4 is 5.32 Å². The smallest absolute Gasteiger partial charge is 0.407 e. The van der Waals surface area contributed by atoms with Gasteiger partial charge in [-0.3, -0.25) is 9.59 Å². The quantitative estimate of drug-likeness (QED) is 0.608. The normalized spacial score (nSPS) is 18.6. The molecular formula is C27H32N2O5. The Morgan fingerprint density at radius 3 is 2.29 bits per heavy atom. The number of ether oxygens (including phenoxy) is 1. The molecule has 2 unspecified atom stereocenters. The second-order valence-electron chi connectivity index (χ2n) is 9.60. The van der Waals surface area contributed by atoms with Gasteiger partial charge in [0.1, 0.15) is 6.61 Å². The Morgan fingerprint density at radius 1 is 1.09 bits per heavy atom. The van der Waals surface area contributed by atoms with Crippen LogP contribution in [0.25, 0.3) is 11.1 Å². The standard InChI is InChI=1S/C27H32N2O5/c1-3-27(2,25(32)29-13-12-18(15-29)14-24(30)31)17-28-26(33)34-16-23-21-10-6-4-8-19(21)20-9-5-7-11-22(20)23/h4-11,18,23H,3,12-17H2,1-2H3,(H,28,33)(H,30,31). The number of hydrogen-bond donors (Lipinski definition) is 2. The maximum Gasteiger partial charge on any atom is 0.407 e. The third kappa shape index (κ3) is 4.79. The van der Waals surface area contributed by atoms with Crippen molar-refractivity contribution >= 4 is 18.0 Å². The van der Waals surface area contributed by atoms with Gasteiger partial charge < -0.3 is 20.1 Å². The molecule has 2 aliphatic rings. The van der Waals surface area contributed by atoms with Crippen molar-refractivity contribution in [1.82, 2.24) is 10.2 Å². The van der Waals surface area contributed by atoms with E-state index in [4.69, 9.17) is 9.84 Å². The summed E-state index contributed by atoms with van der Waals surface area (Å²) in [6.07, 6.45) is 0.775. The van der Waals surface area contributed by atoms with E-state index in [9.17, 15) is 14.4 Å². The molecule has 0 saturated carbocycles. The summed E-state index contributed by atoms with van der Waals surface area (Å²) in [4.78, 5) is 38.5. The molecule has 0 aromatic heterocycles. The van der Waals surface area contributed by atoms with Gasteiger partial charge in [0.15, 0.2) is 0 Å². The fraction of sp³-hybridized carbons (Fsp3) is 0.444. The largest absolute Gasteiger partial charge is 0.481 e. The lowest BCUT2D eigenvalue weighted by molar-refractivity contribution is -0.141. The monoisotopic (exact) mass is 464 g/mol. The molecule has 2 atom stereocenters. The summed E-state index contributed by atoms with van der Waals surface area (Å²) in [5.74, 6) is -0.929. The number of rotatable bonds is 8. The zero-order chi connectivity index (χ0) is 24.3. The Kier molecular flexibility index (Phi) is 6.91. The number of carbonyl (C=O) groups excluding carboxylic acids is 2. The molecule has 34 heavy (non-hydrogen) atoms. The minimum Gasteiger partial charge on any atom is -0.481 e. The number of nitrogens with zero attached hydrogens (tertiary/aromatic N) is 1. The first-order valence-electron chi connectivity index (χ1n) is 11.9. The highest BCUT2D eigenvalue weighted by molar-refractivity contribution is 5.84. The van der Waals surface area contributed by atoms with E-state index in [1.54, 1.807) is 4.90 Å². The maximum absolute atomic E-state index is 13.2. The molecule has 2 amide bonds. The number of carbonyl (C=O) groups is 3.